The van der Waals surface area contributed by atoms with Crippen LogP contribution in [0.3, 0.4) is 0 Å². The molecule has 1 aromatic rings. The summed E-state index contributed by atoms with van der Waals surface area (Å²) in [4.78, 5) is 14.0. The van der Waals surface area contributed by atoms with Gasteiger partial charge in [-0.3, -0.25) is 9.69 Å². The van der Waals surface area contributed by atoms with E-state index in [9.17, 15) is 9.18 Å². The van der Waals surface area contributed by atoms with E-state index in [1.807, 2.05) is 11.9 Å². The Morgan fingerprint density at radius 3 is 2.42 bits per heavy atom. The van der Waals surface area contributed by atoms with Crippen molar-refractivity contribution in [2.24, 2.45) is 5.41 Å². The Labute approximate surface area is 115 Å². The number of nitrogens with zero attached hydrogens (tertiary/aromatic N) is 1. The summed E-state index contributed by atoms with van der Waals surface area (Å²) in [6.45, 7) is 8.91. The highest BCUT2D eigenvalue weighted by Crippen LogP contribution is 2.22. The molecule has 3 heteroatoms. The van der Waals surface area contributed by atoms with E-state index >= 15 is 0 Å². The Balaban J connectivity index is 2.59. The highest BCUT2D eigenvalue weighted by atomic mass is 19.1. The molecule has 0 aliphatic heterocycles. The molecule has 0 aliphatic carbocycles. The maximum Gasteiger partial charge on any atom is 0.151 e. The second kappa shape index (κ2) is 6.29. The summed E-state index contributed by atoms with van der Waals surface area (Å²) in [5.74, 6) is -0.258. The van der Waals surface area contributed by atoms with Gasteiger partial charge in [0.2, 0.25) is 0 Å². The van der Waals surface area contributed by atoms with Crippen LogP contribution in [0.1, 0.15) is 33.3 Å². The van der Waals surface area contributed by atoms with E-state index in [0.717, 1.165) is 0 Å². The topological polar surface area (TPSA) is 20.3 Å². The zero-order chi connectivity index (χ0) is 14.6. The maximum atomic E-state index is 13.5. The lowest BCUT2D eigenvalue weighted by molar-refractivity contribution is -0.120. The Kier molecular flexibility index (Phi) is 5.24. The first kappa shape index (κ1) is 15.8. The number of likely N-dealkylation sites (N-methyl/N-ethyl adjacent to an activating group) is 1. The fourth-order valence-corrected chi connectivity index (χ4v) is 1.99. The van der Waals surface area contributed by atoms with Crippen molar-refractivity contribution in [2.45, 2.75) is 40.2 Å². The Morgan fingerprint density at radius 1 is 1.32 bits per heavy atom. The van der Waals surface area contributed by atoms with Crippen LogP contribution >= 0.6 is 0 Å². The van der Waals surface area contributed by atoms with Crippen molar-refractivity contribution in [1.82, 2.24) is 4.90 Å². The van der Waals surface area contributed by atoms with E-state index < -0.39 is 0 Å². The van der Waals surface area contributed by atoms with Crippen molar-refractivity contribution >= 4 is 5.78 Å². The normalized spacial score (nSPS) is 13.6. The van der Waals surface area contributed by atoms with Crippen molar-refractivity contribution < 1.29 is 9.18 Å². The Hall–Kier alpha value is -1.22. The van der Waals surface area contributed by atoms with Gasteiger partial charge in [-0.25, -0.2) is 4.39 Å². The van der Waals surface area contributed by atoms with Crippen LogP contribution in [0.5, 0.6) is 0 Å². The van der Waals surface area contributed by atoms with Gasteiger partial charge in [-0.05, 0) is 31.0 Å². The molecule has 106 valence electrons. The summed E-state index contributed by atoms with van der Waals surface area (Å²) in [6.07, 6.45) is 0.161. The van der Waals surface area contributed by atoms with Gasteiger partial charge in [0, 0.05) is 12.5 Å². The number of carbonyl (C=O) groups is 1. The number of hydrogen-bond donors (Lipinski definition) is 0. The average Bonchev–Trinajstić information content (AvgIpc) is 2.29. The zero-order valence-electron chi connectivity index (χ0n) is 12.5. The first-order valence-corrected chi connectivity index (χ1v) is 6.67. The number of ketones is 1. The molecule has 0 saturated carbocycles. The van der Waals surface area contributed by atoms with E-state index in [2.05, 4.69) is 27.7 Å². The van der Waals surface area contributed by atoms with Crippen molar-refractivity contribution in [3.05, 3.63) is 35.6 Å². The first-order chi connectivity index (χ1) is 8.71. The third-order valence-corrected chi connectivity index (χ3v) is 3.69. The molecule has 0 radical (unpaired) electrons. The minimum Gasteiger partial charge on any atom is -0.298 e. The molecule has 0 spiro atoms. The molecule has 0 N–H and O–H groups in total. The monoisotopic (exact) mass is 265 g/mol. The fraction of sp³-hybridized carbons (Fsp3) is 0.562. The van der Waals surface area contributed by atoms with Crippen LogP contribution < -0.4 is 0 Å². The van der Waals surface area contributed by atoms with Crippen LogP contribution in [0.2, 0.25) is 0 Å². The highest BCUT2D eigenvalue weighted by Gasteiger charge is 2.25. The SMILES string of the molecule is CC(N(C)CC(=O)Cc1ccccc1F)C(C)(C)C. The third-order valence-electron chi connectivity index (χ3n) is 3.69. The van der Waals surface area contributed by atoms with Crippen molar-refractivity contribution in [3.63, 3.8) is 0 Å². The lowest BCUT2D eigenvalue weighted by Crippen LogP contribution is -2.42. The van der Waals surface area contributed by atoms with E-state index in [0.29, 0.717) is 12.1 Å². The summed E-state index contributed by atoms with van der Waals surface area (Å²) < 4.78 is 13.5. The standard InChI is InChI=1S/C16H24FNO/c1-12(16(2,3)4)18(5)11-14(19)10-13-8-6-7-9-15(13)17/h6-9,12H,10-11H2,1-5H3. The van der Waals surface area contributed by atoms with Crippen LogP contribution in [-0.4, -0.2) is 30.3 Å². The molecule has 1 unspecified atom stereocenters. The molecule has 2 nitrogen and oxygen atoms in total. The van der Waals surface area contributed by atoms with E-state index in [1.54, 1.807) is 18.2 Å². The number of carbonyl (C=O) groups excluding carboxylic acids is 1. The molecule has 0 heterocycles. The zero-order valence-corrected chi connectivity index (χ0v) is 12.5. The summed E-state index contributed by atoms with van der Waals surface area (Å²) in [5.41, 5.74) is 0.594. The molecule has 19 heavy (non-hydrogen) atoms. The number of halogens is 1. The molecular formula is C16H24FNO. The Morgan fingerprint density at radius 2 is 1.89 bits per heavy atom. The van der Waals surface area contributed by atoms with Gasteiger partial charge in [-0.2, -0.15) is 0 Å². The lowest BCUT2D eigenvalue weighted by atomic mass is 9.87. The second-order valence-corrected chi connectivity index (χ2v) is 6.26. The summed E-state index contributed by atoms with van der Waals surface area (Å²) >= 11 is 0. The van der Waals surface area contributed by atoms with Gasteiger partial charge in [0.1, 0.15) is 5.82 Å². The van der Waals surface area contributed by atoms with Crippen LogP contribution in [0.15, 0.2) is 24.3 Å². The molecule has 0 bridgehead atoms. The van der Waals surface area contributed by atoms with E-state index in [1.165, 1.54) is 6.07 Å². The largest absolute Gasteiger partial charge is 0.298 e. The Bertz CT molecular complexity index is 437. The molecule has 0 aromatic heterocycles. The van der Waals surface area contributed by atoms with Crippen LogP contribution in [-0.2, 0) is 11.2 Å². The van der Waals surface area contributed by atoms with Crippen molar-refractivity contribution in [3.8, 4) is 0 Å². The van der Waals surface area contributed by atoms with Gasteiger partial charge in [-0.1, -0.05) is 39.0 Å². The van der Waals surface area contributed by atoms with Crippen LogP contribution in [0, 0.1) is 11.2 Å². The fourth-order valence-electron chi connectivity index (χ4n) is 1.99. The van der Waals surface area contributed by atoms with Gasteiger partial charge in [0.15, 0.2) is 5.78 Å². The highest BCUT2D eigenvalue weighted by molar-refractivity contribution is 5.82. The first-order valence-electron chi connectivity index (χ1n) is 6.67. The minimum atomic E-state index is -0.303. The van der Waals surface area contributed by atoms with Gasteiger partial charge >= 0.3 is 0 Å². The van der Waals surface area contributed by atoms with Gasteiger partial charge < -0.3 is 0 Å². The van der Waals surface area contributed by atoms with Gasteiger partial charge in [-0.15, -0.1) is 0 Å². The average molecular weight is 265 g/mol. The summed E-state index contributed by atoms with van der Waals surface area (Å²) in [7, 11) is 1.94. The molecule has 1 rings (SSSR count). The second-order valence-electron chi connectivity index (χ2n) is 6.26. The van der Waals surface area contributed by atoms with Crippen molar-refractivity contribution in [1.29, 1.82) is 0 Å². The summed E-state index contributed by atoms with van der Waals surface area (Å²) in [6, 6.07) is 6.74. The third kappa shape index (κ3) is 4.75. The molecule has 0 fully saturated rings. The lowest BCUT2D eigenvalue weighted by Gasteiger charge is -2.35. The molecule has 0 aliphatic rings. The molecule has 0 saturated heterocycles. The number of benzene rings is 1. The smallest absolute Gasteiger partial charge is 0.151 e. The van der Waals surface area contributed by atoms with E-state index in [4.69, 9.17) is 0 Å². The molecule has 1 atom stereocenters. The summed E-state index contributed by atoms with van der Waals surface area (Å²) in [5, 5.41) is 0. The maximum absolute atomic E-state index is 13.5. The number of hydrogen-bond acceptors (Lipinski definition) is 2. The predicted octanol–water partition coefficient (Wildman–Crippen LogP) is 3.30. The molecular weight excluding hydrogens is 241 g/mol. The number of Topliss-reactive ketones (excluding diaryl/α,β-unsaturated/α-hetero) is 1. The molecule has 0 amide bonds. The van der Waals surface area contributed by atoms with Crippen LogP contribution in [0.25, 0.3) is 0 Å². The molecule has 1 aromatic carbocycles. The number of rotatable bonds is 5. The van der Waals surface area contributed by atoms with Crippen LogP contribution in [0.4, 0.5) is 4.39 Å². The van der Waals surface area contributed by atoms with E-state index in [-0.39, 0.29) is 29.5 Å². The minimum absolute atomic E-state index is 0.0451. The van der Waals surface area contributed by atoms with Gasteiger partial charge in [0.05, 0.1) is 6.54 Å². The quantitative estimate of drug-likeness (QED) is 0.814. The van der Waals surface area contributed by atoms with Crippen molar-refractivity contribution in [2.75, 3.05) is 13.6 Å². The van der Waals surface area contributed by atoms with Gasteiger partial charge in [0.25, 0.3) is 0 Å². The predicted molar refractivity (Wildman–Crippen MR) is 76.7 cm³/mol.